The van der Waals surface area contributed by atoms with E-state index in [1.54, 1.807) is 16.7 Å². The fourth-order valence-electron chi connectivity index (χ4n) is 3.41. The summed E-state index contributed by atoms with van der Waals surface area (Å²) in [7, 11) is 0. The Bertz CT molecular complexity index is 961. The molecule has 1 saturated carbocycles. The van der Waals surface area contributed by atoms with Gasteiger partial charge in [-0.3, -0.25) is 14.2 Å². The van der Waals surface area contributed by atoms with Gasteiger partial charge in [-0.15, -0.1) is 0 Å². The highest BCUT2D eigenvalue weighted by molar-refractivity contribution is 9.10. The van der Waals surface area contributed by atoms with Gasteiger partial charge in [0.1, 0.15) is 5.54 Å². The molecule has 0 bridgehead atoms. The number of hydrogen-bond donors (Lipinski definition) is 1. The first-order valence-electron chi connectivity index (χ1n) is 9.03. The minimum absolute atomic E-state index is 0.118. The Hall–Kier alpha value is -1.85. The summed E-state index contributed by atoms with van der Waals surface area (Å²) in [6.07, 6.45) is 4.41. The van der Waals surface area contributed by atoms with Crippen molar-refractivity contribution >= 4 is 44.5 Å². The van der Waals surface area contributed by atoms with Crippen LogP contribution in [-0.2, 0) is 11.3 Å². The third-order valence-electron chi connectivity index (χ3n) is 4.83. The van der Waals surface area contributed by atoms with E-state index in [0.29, 0.717) is 35.4 Å². The maximum absolute atomic E-state index is 12.7. The molecule has 27 heavy (non-hydrogen) atoms. The van der Waals surface area contributed by atoms with Crippen LogP contribution in [0.1, 0.15) is 39.0 Å². The molecule has 1 fully saturated rings. The van der Waals surface area contributed by atoms with Crippen molar-refractivity contribution in [3.05, 3.63) is 33.0 Å². The summed E-state index contributed by atoms with van der Waals surface area (Å²) in [6, 6.07) is 7.68. The van der Waals surface area contributed by atoms with E-state index in [1.165, 1.54) is 11.8 Å². The Morgan fingerprint density at radius 1 is 1.41 bits per heavy atom. The summed E-state index contributed by atoms with van der Waals surface area (Å²) in [5, 5.41) is 13.5. The van der Waals surface area contributed by atoms with Crippen molar-refractivity contribution in [1.29, 1.82) is 5.26 Å². The summed E-state index contributed by atoms with van der Waals surface area (Å²) in [4.78, 5) is 29.7. The Labute approximate surface area is 170 Å². The molecular weight excluding hydrogens is 428 g/mol. The quantitative estimate of drug-likeness (QED) is 0.557. The first-order valence-corrected chi connectivity index (χ1v) is 10.8. The fourth-order valence-corrected chi connectivity index (χ4v) is 4.64. The lowest BCUT2D eigenvalue weighted by molar-refractivity contribution is -0.120. The zero-order valence-electron chi connectivity index (χ0n) is 15.1. The second-order valence-corrected chi connectivity index (χ2v) is 8.55. The van der Waals surface area contributed by atoms with E-state index in [2.05, 4.69) is 32.3 Å². The number of rotatable bonds is 5. The van der Waals surface area contributed by atoms with Crippen LogP contribution >= 0.6 is 27.7 Å². The van der Waals surface area contributed by atoms with Crippen LogP contribution in [0.15, 0.2) is 32.6 Å². The molecule has 1 aromatic heterocycles. The number of halogens is 1. The highest BCUT2D eigenvalue weighted by atomic mass is 79.9. The van der Waals surface area contributed by atoms with Crippen LogP contribution in [0.4, 0.5) is 0 Å². The molecule has 0 unspecified atom stereocenters. The Balaban J connectivity index is 1.78. The molecule has 1 aliphatic rings. The molecule has 1 amide bonds. The molecule has 0 saturated heterocycles. The average Bonchev–Trinajstić information content (AvgIpc) is 2.68. The van der Waals surface area contributed by atoms with Gasteiger partial charge < -0.3 is 5.32 Å². The molecule has 0 radical (unpaired) electrons. The highest BCUT2D eigenvalue weighted by Gasteiger charge is 2.33. The van der Waals surface area contributed by atoms with Gasteiger partial charge in [0.2, 0.25) is 5.91 Å². The molecule has 1 aromatic carbocycles. The van der Waals surface area contributed by atoms with Crippen LogP contribution in [0.25, 0.3) is 10.9 Å². The Kier molecular flexibility index (Phi) is 6.22. The summed E-state index contributed by atoms with van der Waals surface area (Å²) in [5.74, 6) is -0.0750. The van der Waals surface area contributed by atoms with Crippen LogP contribution in [0.5, 0.6) is 0 Å². The summed E-state index contributed by atoms with van der Waals surface area (Å²) in [6.45, 7) is 2.35. The van der Waals surface area contributed by atoms with Crippen LogP contribution in [0.3, 0.4) is 0 Å². The van der Waals surface area contributed by atoms with Gasteiger partial charge in [0.05, 0.1) is 22.7 Å². The highest BCUT2D eigenvalue weighted by Crippen LogP contribution is 2.28. The molecule has 0 aliphatic heterocycles. The maximum atomic E-state index is 12.7. The first-order chi connectivity index (χ1) is 13.0. The SMILES string of the molecule is CCn1c(SCC(=O)NC2(C#N)CCCCC2)nc2ccc(Br)cc2c1=O. The van der Waals surface area contributed by atoms with E-state index in [9.17, 15) is 14.9 Å². The van der Waals surface area contributed by atoms with Crippen molar-refractivity contribution < 1.29 is 4.79 Å². The minimum atomic E-state index is -0.747. The topological polar surface area (TPSA) is 87.8 Å². The summed E-state index contributed by atoms with van der Waals surface area (Å²) in [5.41, 5.74) is -0.257. The lowest BCUT2D eigenvalue weighted by Gasteiger charge is -2.31. The first kappa shape index (κ1) is 19.9. The largest absolute Gasteiger partial charge is 0.337 e. The number of aromatic nitrogens is 2. The van der Waals surface area contributed by atoms with Gasteiger partial charge in [-0.1, -0.05) is 47.0 Å². The van der Waals surface area contributed by atoms with E-state index >= 15 is 0 Å². The van der Waals surface area contributed by atoms with Gasteiger partial charge in [0.25, 0.3) is 5.56 Å². The molecule has 1 N–H and O–H groups in total. The molecule has 1 heterocycles. The Morgan fingerprint density at radius 3 is 2.81 bits per heavy atom. The number of nitrogens with one attached hydrogen (secondary N) is 1. The standard InChI is InChI=1S/C19H21BrN4O2S/c1-2-24-17(26)14-10-13(20)6-7-15(14)22-18(24)27-11-16(25)23-19(12-21)8-4-3-5-9-19/h6-7,10H,2-5,8-9,11H2,1H3,(H,23,25). The van der Waals surface area contributed by atoms with Gasteiger partial charge in [-0.25, -0.2) is 4.98 Å². The van der Waals surface area contributed by atoms with Gasteiger partial charge >= 0.3 is 0 Å². The van der Waals surface area contributed by atoms with E-state index < -0.39 is 5.54 Å². The van der Waals surface area contributed by atoms with Gasteiger partial charge in [-0.05, 0) is 38.0 Å². The number of carbonyl (C=O) groups excluding carboxylic acids is 1. The van der Waals surface area contributed by atoms with Crippen molar-refractivity contribution in [2.24, 2.45) is 0 Å². The second kappa shape index (κ2) is 8.44. The van der Waals surface area contributed by atoms with Crippen molar-refractivity contribution in [3.63, 3.8) is 0 Å². The molecule has 142 valence electrons. The van der Waals surface area contributed by atoms with Crippen LogP contribution in [0, 0.1) is 11.3 Å². The molecule has 0 atom stereocenters. The average molecular weight is 449 g/mol. The number of fused-ring (bicyclic) bond motifs is 1. The molecule has 2 aromatic rings. The number of carbonyl (C=O) groups is 1. The third kappa shape index (κ3) is 4.36. The molecule has 0 spiro atoms. The van der Waals surface area contributed by atoms with Gasteiger partial charge in [-0.2, -0.15) is 5.26 Å². The normalized spacial score (nSPS) is 16.0. The molecular formula is C19H21BrN4O2S. The second-order valence-electron chi connectivity index (χ2n) is 6.70. The summed E-state index contributed by atoms with van der Waals surface area (Å²) < 4.78 is 2.40. The number of benzene rings is 1. The molecule has 3 rings (SSSR count). The lowest BCUT2D eigenvalue weighted by atomic mass is 9.83. The van der Waals surface area contributed by atoms with E-state index in [-0.39, 0.29) is 17.2 Å². The van der Waals surface area contributed by atoms with Gasteiger partial charge in [0.15, 0.2) is 5.16 Å². The molecule has 6 nitrogen and oxygen atoms in total. The van der Waals surface area contributed by atoms with Crippen molar-refractivity contribution in [2.45, 2.75) is 56.3 Å². The zero-order chi connectivity index (χ0) is 19.4. The van der Waals surface area contributed by atoms with Crippen molar-refractivity contribution in [1.82, 2.24) is 14.9 Å². The number of amides is 1. The van der Waals surface area contributed by atoms with E-state index in [1.807, 2.05) is 13.0 Å². The lowest BCUT2D eigenvalue weighted by Crippen LogP contribution is -2.49. The minimum Gasteiger partial charge on any atom is -0.337 e. The number of nitrogens with zero attached hydrogens (tertiary/aromatic N) is 3. The molecule has 8 heteroatoms. The Morgan fingerprint density at radius 2 is 2.15 bits per heavy atom. The molecule has 1 aliphatic carbocycles. The fraction of sp³-hybridized carbons (Fsp3) is 0.474. The van der Waals surface area contributed by atoms with E-state index in [4.69, 9.17) is 0 Å². The number of nitriles is 1. The number of thioether (sulfide) groups is 1. The van der Waals surface area contributed by atoms with Crippen molar-refractivity contribution in [3.8, 4) is 6.07 Å². The van der Waals surface area contributed by atoms with Crippen LogP contribution in [-0.4, -0.2) is 26.8 Å². The summed E-state index contributed by atoms with van der Waals surface area (Å²) >= 11 is 4.61. The number of hydrogen-bond acceptors (Lipinski definition) is 5. The van der Waals surface area contributed by atoms with Crippen molar-refractivity contribution in [2.75, 3.05) is 5.75 Å². The smallest absolute Gasteiger partial charge is 0.262 e. The zero-order valence-corrected chi connectivity index (χ0v) is 17.5. The van der Waals surface area contributed by atoms with E-state index in [0.717, 1.165) is 23.7 Å². The van der Waals surface area contributed by atoms with Gasteiger partial charge in [0, 0.05) is 11.0 Å². The van der Waals surface area contributed by atoms with Crippen LogP contribution in [0.2, 0.25) is 0 Å². The third-order valence-corrected chi connectivity index (χ3v) is 6.30. The van der Waals surface area contributed by atoms with Crippen LogP contribution < -0.4 is 10.9 Å². The monoisotopic (exact) mass is 448 g/mol. The predicted octanol–water partition coefficient (Wildman–Crippen LogP) is 3.61. The maximum Gasteiger partial charge on any atom is 0.262 e. The predicted molar refractivity (Wildman–Crippen MR) is 110 cm³/mol.